The summed E-state index contributed by atoms with van der Waals surface area (Å²) in [6.45, 7) is 4.46. The molecule has 1 atom stereocenters. The summed E-state index contributed by atoms with van der Waals surface area (Å²) in [5.74, 6) is -0.257. The summed E-state index contributed by atoms with van der Waals surface area (Å²) >= 11 is 5.94. The van der Waals surface area contributed by atoms with Crippen molar-refractivity contribution in [1.29, 1.82) is 0 Å². The molecule has 0 bridgehead atoms. The number of benzene rings is 2. The van der Waals surface area contributed by atoms with Crippen LogP contribution in [0.4, 0.5) is 0 Å². The molecule has 0 saturated carbocycles. The maximum absolute atomic E-state index is 12.8. The third-order valence-corrected chi connectivity index (χ3v) is 4.42. The molecule has 0 saturated heterocycles. The molecule has 1 N–H and O–H groups in total. The second-order valence-electron chi connectivity index (χ2n) is 6.27. The van der Waals surface area contributed by atoms with Gasteiger partial charge in [-0.25, -0.2) is 0 Å². The number of carbonyl (C=O) groups excluding carboxylic acids is 2. The largest absolute Gasteiger partial charge is 0.354 e. The minimum absolute atomic E-state index is 0.125. The molecule has 0 aromatic heterocycles. The third kappa shape index (κ3) is 5.88. The van der Waals surface area contributed by atoms with Gasteiger partial charge >= 0.3 is 0 Å². The smallest absolute Gasteiger partial charge is 0.243 e. The Balaban J connectivity index is 2.26. The van der Waals surface area contributed by atoms with E-state index in [-0.39, 0.29) is 11.8 Å². The van der Waals surface area contributed by atoms with Crippen LogP contribution in [0, 0.1) is 0 Å². The van der Waals surface area contributed by atoms with Crippen LogP contribution in [0.5, 0.6) is 0 Å². The molecule has 4 nitrogen and oxygen atoms in total. The molecule has 2 aromatic carbocycles. The van der Waals surface area contributed by atoms with Gasteiger partial charge in [0.1, 0.15) is 6.04 Å². The summed E-state index contributed by atoms with van der Waals surface area (Å²) in [7, 11) is 0. The molecule has 0 radical (unpaired) electrons. The molecule has 0 spiro atoms. The minimum atomic E-state index is -0.558. The zero-order valence-electron chi connectivity index (χ0n) is 15.2. The van der Waals surface area contributed by atoms with Gasteiger partial charge < -0.3 is 10.2 Å². The molecular weight excluding hydrogens is 348 g/mol. The highest BCUT2D eigenvalue weighted by Crippen LogP contribution is 2.16. The predicted molar refractivity (Wildman–Crippen MR) is 105 cm³/mol. The molecule has 0 heterocycles. The average Bonchev–Trinajstić information content (AvgIpc) is 2.64. The standard InChI is InChI=1S/C21H25ClN2O2/c1-3-13-23-21(26)20(14-17-7-5-4-6-8-17)24(16(2)25)15-18-9-11-19(22)12-10-18/h4-12,20H,3,13-15H2,1-2H3,(H,23,26)/t20-/m0/s1. The van der Waals surface area contributed by atoms with Crippen LogP contribution in [0.1, 0.15) is 31.4 Å². The number of halogens is 1. The van der Waals surface area contributed by atoms with Gasteiger partial charge in [0.25, 0.3) is 0 Å². The molecule has 2 rings (SSSR count). The number of nitrogens with zero attached hydrogens (tertiary/aromatic N) is 1. The maximum atomic E-state index is 12.8. The first kappa shape index (κ1) is 20.0. The number of rotatable bonds is 8. The van der Waals surface area contributed by atoms with Crippen LogP contribution in [-0.4, -0.2) is 29.3 Å². The van der Waals surface area contributed by atoms with Gasteiger partial charge in [0, 0.05) is 31.5 Å². The predicted octanol–water partition coefficient (Wildman–Crippen LogP) is 3.83. The first-order valence-corrected chi connectivity index (χ1v) is 9.22. The van der Waals surface area contributed by atoms with E-state index < -0.39 is 6.04 Å². The van der Waals surface area contributed by atoms with Crippen LogP contribution in [0.3, 0.4) is 0 Å². The molecule has 2 aromatic rings. The lowest BCUT2D eigenvalue weighted by molar-refractivity contribution is -0.139. The Morgan fingerprint density at radius 2 is 1.69 bits per heavy atom. The van der Waals surface area contributed by atoms with E-state index in [2.05, 4.69) is 5.32 Å². The number of hydrogen-bond acceptors (Lipinski definition) is 2. The average molecular weight is 373 g/mol. The Morgan fingerprint density at radius 3 is 2.27 bits per heavy atom. The van der Waals surface area contributed by atoms with Gasteiger partial charge in [0.2, 0.25) is 11.8 Å². The number of amides is 2. The second kappa shape index (κ2) is 9.97. The van der Waals surface area contributed by atoms with Crippen molar-refractivity contribution in [1.82, 2.24) is 10.2 Å². The maximum Gasteiger partial charge on any atom is 0.243 e. The molecule has 26 heavy (non-hydrogen) atoms. The zero-order chi connectivity index (χ0) is 18.9. The van der Waals surface area contributed by atoms with Gasteiger partial charge in [0.15, 0.2) is 0 Å². The summed E-state index contributed by atoms with van der Waals surface area (Å²) in [4.78, 5) is 26.7. The molecule has 5 heteroatoms. The van der Waals surface area contributed by atoms with Gasteiger partial charge in [-0.1, -0.05) is 61.0 Å². The van der Waals surface area contributed by atoms with Gasteiger partial charge in [-0.3, -0.25) is 9.59 Å². The van der Waals surface area contributed by atoms with Gasteiger partial charge in [-0.05, 0) is 29.7 Å². The van der Waals surface area contributed by atoms with E-state index >= 15 is 0 Å². The summed E-state index contributed by atoms with van der Waals surface area (Å²) in [6.07, 6.45) is 1.32. The van der Waals surface area contributed by atoms with Crippen molar-refractivity contribution in [3.8, 4) is 0 Å². The monoisotopic (exact) mass is 372 g/mol. The highest BCUT2D eigenvalue weighted by atomic mass is 35.5. The van der Waals surface area contributed by atoms with E-state index in [4.69, 9.17) is 11.6 Å². The SMILES string of the molecule is CCCNC(=O)[C@H](Cc1ccccc1)N(Cc1ccc(Cl)cc1)C(C)=O. The van der Waals surface area contributed by atoms with E-state index in [0.717, 1.165) is 17.5 Å². The molecule has 0 aliphatic heterocycles. The summed E-state index contributed by atoms with van der Waals surface area (Å²) in [5, 5.41) is 3.57. The normalized spacial score (nSPS) is 11.7. The number of carbonyl (C=O) groups is 2. The van der Waals surface area contributed by atoms with Crippen LogP contribution in [0.2, 0.25) is 5.02 Å². The van der Waals surface area contributed by atoms with Crippen LogP contribution in [-0.2, 0) is 22.6 Å². The highest BCUT2D eigenvalue weighted by molar-refractivity contribution is 6.30. The minimum Gasteiger partial charge on any atom is -0.354 e. The second-order valence-corrected chi connectivity index (χ2v) is 6.71. The van der Waals surface area contributed by atoms with Crippen LogP contribution >= 0.6 is 11.6 Å². The fourth-order valence-electron chi connectivity index (χ4n) is 2.78. The van der Waals surface area contributed by atoms with E-state index in [1.807, 2.05) is 49.4 Å². The molecule has 138 valence electrons. The lowest BCUT2D eigenvalue weighted by Gasteiger charge is -2.30. The van der Waals surface area contributed by atoms with Crippen LogP contribution in [0.15, 0.2) is 54.6 Å². The number of nitrogens with one attached hydrogen (secondary N) is 1. The van der Waals surface area contributed by atoms with E-state index in [0.29, 0.717) is 24.5 Å². The Hall–Kier alpha value is -2.33. The highest BCUT2D eigenvalue weighted by Gasteiger charge is 2.28. The van der Waals surface area contributed by atoms with Gasteiger partial charge in [-0.15, -0.1) is 0 Å². The number of hydrogen-bond donors (Lipinski definition) is 1. The molecule has 0 aliphatic carbocycles. The fourth-order valence-corrected chi connectivity index (χ4v) is 2.90. The zero-order valence-corrected chi connectivity index (χ0v) is 16.0. The van der Waals surface area contributed by atoms with Gasteiger partial charge in [-0.2, -0.15) is 0 Å². The molecule has 0 unspecified atom stereocenters. The summed E-state index contributed by atoms with van der Waals surface area (Å²) in [5.41, 5.74) is 1.96. The Kier molecular flexibility index (Phi) is 7.67. The summed E-state index contributed by atoms with van der Waals surface area (Å²) < 4.78 is 0. The first-order chi connectivity index (χ1) is 12.5. The Bertz CT molecular complexity index is 717. The van der Waals surface area contributed by atoms with Crippen molar-refractivity contribution in [3.05, 3.63) is 70.7 Å². The van der Waals surface area contributed by atoms with Crippen molar-refractivity contribution >= 4 is 23.4 Å². The van der Waals surface area contributed by atoms with Crippen molar-refractivity contribution in [2.24, 2.45) is 0 Å². The van der Waals surface area contributed by atoms with Crippen LogP contribution in [0.25, 0.3) is 0 Å². The quantitative estimate of drug-likeness (QED) is 0.765. The Labute approximate surface area is 160 Å². The molecular formula is C21H25ClN2O2. The van der Waals surface area contributed by atoms with Crippen molar-refractivity contribution in [2.75, 3.05) is 6.54 Å². The first-order valence-electron chi connectivity index (χ1n) is 8.84. The van der Waals surface area contributed by atoms with Crippen molar-refractivity contribution < 1.29 is 9.59 Å². The van der Waals surface area contributed by atoms with Crippen molar-refractivity contribution in [2.45, 2.75) is 39.3 Å². The lowest BCUT2D eigenvalue weighted by Crippen LogP contribution is -2.50. The van der Waals surface area contributed by atoms with E-state index in [1.165, 1.54) is 6.92 Å². The molecule has 0 fully saturated rings. The van der Waals surface area contributed by atoms with E-state index in [9.17, 15) is 9.59 Å². The third-order valence-electron chi connectivity index (χ3n) is 4.17. The van der Waals surface area contributed by atoms with E-state index in [1.54, 1.807) is 17.0 Å². The topological polar surface area (TPSA) is 49.4 Å². The lowest BCUT2D eigenvalue weighted by atomic mass is 10.0. The Morgan fingerprint density at radius 1 is 1.04 bits per heavy atom. The molecule has 0 aliphatic rings. The van der Waals surface area contributed by atoms with Crippen molar-refractivity contribution in [3.63, 3.8) is 0 Å². The summed E-state index contributed by atoms with van der Waals surface area (Å²) in [6, 6.07) is 16.5. The van der Waals surface area contributed by atoms with Crippen LogP contribution < -0.4 is 5.32 Å². The molecule has 2 amide bonds. The fraction of sp³-hybridized carbons (Fsp3) is 0.333. The van der Waals surface area contributed by atoms with Gasteiger partial charge in [0.05, 0.1) is 0 Å².